The average Bonchev–Trinajstić information content (AvgIpc) is 2.37. The molecule has 0 amide bonds. The number of hydrogen-bond donors (Lipinski definition) is 1. The van der Waals surface area contributed by atoms with Gasteiger partial charge in [-0.15, -0.1) is 0 Å². The van der Waals surface area contributed by atoms with Crippen LogP contribution in [0.2, 0.25) is 0 Å². The zero-order chi connectivity index (χ0) is 12.5. The van der Waals surface area contributed by atoms with Crippen molar-refractivity contribution in [1.82, 2.24) is 4.90 Å². The van der Waals surface area contributed by atoms with E-state index in [1.165, 1.54) is 5.56 Å². The van der Waals surface area contributed by atoms with Crippen LogP contribution >= 0.6 is 0 Å². The Hall–Kier alpha value is -0.900. The molecule has 96 valence electrons. The second-order valence-electron chi connectivity index (χ2n) is 4.28. The van der Waals surface area contributed by atoms with Gasteiger partial charge in [-0.2, -0.15) is 0 Å². The summed E-state index contributed by atoms with van der Waals surface area (Å²) in [5, 5.41) is 9.72. The summed E-state index contributed by atoms with van der Waals surface area (Å²) in [6.45, 7) is 5.11. The number of hydrogen-bond acceptors (Lipinski definition) is 3. The van der Waals surface area contributed by atoms with Crippen LogP contribution in [0.3, 0.4) is 0 Å². The van der Waals surface area contributed by atoms with Crippen molar-refractivity contribution in [2.24, 2.45) is 0 Å². The predicted molar refractivity (Wildman–Crippen MR) is 69.9 cm³/mol. The van der Waals surface area contributed by atoms with Gasteiger partial charge < -0.3 is 9.84 Å². The first-order chi connectivity index (χ1) is 8.26. The van der Waals surface area contributed by atoms with E-state index in [0.717, 1.165) is 19.5 Å². The molecule has 1 atom stereocenters. The van der Waals surface area contributed by atoms with Crippen LogP contribution in [-0.2, 0) is 11.3 Å². The lowest BCUT2D eigenvalue weighted by molar-refractivity contribution is 0.0830. The number of benzene rings is 1. The van der Waals surface area contributed by atoms with Crippen molar-refractivity contribution in [3.63, 3.8) is 0 Å². The molecule has 0 bridgehead atoms. The molecular formula is C14H23NO2. The lowest BCUT2D eigenvalue weighted by Crippen LogP contribution is -2.34. The Bertz CT molecular complexity index is 290. The monoisotopic (exact) mass is 237 g/mol. The largest absolute Gasteiger partial charge is 0.392 e. The smallest absolute Gasteiger partial charge is 0.0664 e. The van der Waals surface area contributed by atoms with E-state index in [1.807, 2.05) is 25.1 Å². The van der Waals surface area contributed by atoms with Crippen LogP contribution in [-0.4, -0.2) is 42.9 Å². The molecule has 0 aliphatic rings. The molecule has 0 saturated carbocycles. The molecule has 1 rings (SSSR count). The fourth-order valence-electron chi connectivity index (χ4n) is 1.72. The van der Waals surface area contributed by atoms with Gasteiger partial charge in [-0.3, -0.25) is 4.90 Å². The van der Waals surface area contributed by atoms with E-state index in [-0.39, 0.29) is 6.10 Å². The van der Waals surface area contributed by atoms with Gasteiger partial charge in [-0.25, -0.2) is 0 Å². The van der Waals surface area contributed by atoms with Crippen LogP contribution in [0.15, 0.2) is 30.3 Å². The standard InChI is InChI=1S/C14H23NO2/c1-3-14(16)12-15(9-10-17-2)11-13-7-5-4-6-8-13/h4-8,14,16H,3,9-12H2,1-2H3/t14-/m1/s1. The quantitative estimate of drug-likeness (QED) is 0.749. The number of ether oxygens (including phenoxy) is 1. The number of aliphatic hydroxyl groups is 1. The molecule has 0 fully saturated rings. The van der Waals surface area contributed by atoms with Crippen molar-refractivity contribution >= 4 is 0 Å². The van der Waals surface area contributed by atoms with E-state index in [4.69, 9.17) is 4.74 Å². The topological polar surface area (TPSA) is 32.7 Å². The molecule has 1 aromatic carbocycles. The van der Waals surface area contributed by atoms with Gasteiger partial charge in [0.2, 0.25) is 0 Å². The minimum atomic E-state index is -0.254. The lowest BCUT2D eigenvalue weighted by atomic mass is 10.2. The Morgan fingerprint density at radius 1 is 1.29 bits per heavy atom. The number of nitrogens with zero attached hydrogens (tertiary/aromatic N) is 1. The highest BCUT2D eigenvalue weighted by Gasteiger charge is 2.10. The molecule has 0 aromatic heterocycles. The number of rotatable bonds is 8. The van der Waals surface area contributed by atoms with Crippen molar-refractivity contribution in [3.8, 4) is 0 Å². The summed E-state index contributed by atoms with van der Waals surface area (Å²) in [4.78, 5) is 2.23. The summed E-state index contributed by atoms with van der Waals surface area (Å²) < 4.78 is 5.10. The van der Waals surface area contributed by atoms with Gasteiger partial charge in [-0.05, 0) is 12.0 Å². The Balaban J connectivity index is 2.50. The minimum Gasteiger partial charge on any atom is -0.392 e. The van der Waals surface area contributed by atoms with Crippen molar-refractivity contribution < 1.29 is 9.84 Å². The van der Waals surface area contributed by atoms with Crippen LogP contribution in [0.25, 0.3) is 0 Å². The van der Waals surface area contributed by atoms with Gasteiger partial charge in [0.05, 0.1) is 12.7 Å². The number of aliphatic hydroxyl groups excluding tert-OH is 1. The molecule has 1 N–H and O–H groups in total. The Morgan fingerprint density at radius 2 is 2.00 bits per heavy atom. The second-order valence-corrected chi connectivity index (χ2v) is 4.28. The molecule has 17 heavy (non-hydrogen) atoms. The van der Waals surface area contributed by atoms with Crippen LogP contribution in [0.4, 0.5) is 0 Å². The average molecular weight is 237 g/mol. The van der Waals surface area contributed by atoms with E-state index in [0.29, 0.717) is 13.2 Å². The molecule has 0 aliphatic heterocycles. The third kappa shape index (κ3) is 5.82. The molecule has 3 nitrogen and oxygen atoms in total. The second kappa shape index (κ2) is 8.23. The zero-order valence-electron chi connectivity index (χ0n) is 10.8. The van der Waals surface area contributed by atoms with Gasteiger partial charge in [-0.1, -0.05) is 37.3 Å². The third-order valence-electron chi connectivity index (χ3n) is 2.80. The molecule has 0 unspecified atom stereocenters. The highest BCUT2D eigenvalue weighted by Crippen LogP contribution is 2.06. The molecule has 0 aliphatic carbocycles. The first kappa shape index (κ1) is 14.2. The van der Waals surface area contributed by atoms with Crippen molar-refractivity contribution in [2.75, 3.05) is 26.8 Å². The summed E-state index contributed by atoms with van der Waals surface area (Å²) in [5.74, 6) is 0. The van der Waals surface area contributed by atoms with Crippen molar-refractivity contribution in [2.45, 2.75) is 26.0 Å². The maximum absolute atomic E-state index is 9.72. The summed E-state index contributed by atoms with van der Waals surface area (Å²) in [6, 6.07) is 10.3. The molecule has 3 heteroatoms. The Labute approximate surface area is 104 Å². The normalized spacial score (nSPS) is 12.9. The van der Waals surface area contributed by atoms with Crippen LogP contribution < -0.4 is 0 Å². The predicted octanol–water partition coefficient (Wildman–Crippen LogP) is 1.91. The van der Waals surface area contributed by atoms with Crippen LogP contribution in [0.5, 0.6) is 0 Å². The summed E-state index contributed by atoms with van der Waals surface area (Å²) in [7, 11) is 1.71. The summed E-state index contributed by atoms with van der Waals surface area (Å²) in [6.07, 6.45) is 0.536. The fourth-order valence-corrected chi connectivity index (χ4v) is 1.72. The van der Waals surface area contributed by atoms with Gasteiger partial charge in [0.1, 0.15) is 0 Å². The van der Waals surface area contributed by atoms with E-state index in [1.54, 1.807) is 7.11 Å². The van der Waals surface area contributed by atoms with Crippen molar-refractivity contribution in [1.29, 1.82) is 0 Å². The van der Waals surface area contributed by atoms with Gasteiger partial charge in [0.25, 0.3) is 0 Å². The maximum Gasteiger partial charge on any atom is 0.0664 e. The molecule has 0 radical (unpaired) electrons. The first-order valence-corrected chi connectivity index (χ1v) is 6.19. The van der Waals surface area contributed by atoms with Crippen LogP contribution in [0, 0.1) is 0 Å². The lowest BCUT2D eigenvalue weighted by Gasteiger charge is -2.24. The van der Waals surface area contributed by atoms with E-state index in [9.17, 15) is 5.11 Å². The zero-order valence-corrected chi connectivity index (χ0v) is 10.8. The minimum absolute atomic E-state index is 0.254. The Kier molecular flexibility index (Phi) is 6.86. The van der Waals surface area contributed by atoms with Crippen LogP contribution in [0.1, 0.15) is 18.9 Å². The molecule has 0 spiro atoms. The summed E-state index contributed by atoms with van der Waals surface area (Å²) in [5.41, 5.74) is 1.27. The first-order valence-electron chi connectivity index (χ1n) is 6.19. The molecule has 0 heterocycles. The van der Waals surface area contributed by atoms with E-state index >= 15 is 0 Å². The highest BCUT2D eigenvalue weighted by atomic mass is 16.5. The fraction of sp³-hybridized carbons (Fsp3) is 0.571. The van der Waals surface area contributed by atoms with Gasteiger partial charge >= 0.3 is 0 Å². The van der Waals surface area contributed by atoms with Gasteiger partial charge in [0, 0.05) is 26.7 Å². The van der Waals surface area contributed by atoms with E-state index < -0.39 is 0 Å². The van der Waals surface area contributed by atoms with E-state index in [2.05, 4.69) is 17.0 Å². The third-order valence-corrected chi connectivity index (χ3v) is 2.80. The summed E-state index contributed by atoms with van der Waals surface area (Å²) >= 11 is 0. The number of methoxy groups -OCH3 is 1. The maximum atomic E-state index is 9.72. The SMILES string of the molecule is CC[C@@H](O)CN(CCOC)Cc1ccccc1. The molecular weight excluding hydrogens is 214 g/mol. The Morgan fingerprint density at radius 3 is 2.59 bits per heavy atom. The van der Waals surface area contributed by atoms with Crippen molar-refractivity contribution in [3.05, 3.63) is 35.9 Å². The van der Waals surface area contributed by atoms with Gasteiger partial charge in [0.15, 0.2) is 0 Å². The molecule has 0 saturated heterocycles. The molecule has 1 aromatic rings. The highest BCUT2D eigenvalue weighted by molar-refractivity contribution is 5.14.